The van der Waals surface area contributed by atoms with Gasteiger partial charge < -0.3 is 0 Å². The van der Waals surface area contributed by atoms with E-state index in [2.05, 4.69) is 6.92 Å². The number of rotatable bonds is 5. The zero-order chi connectivity index (χ0) is 11.3. The molecule has 0 radical (unpaired) electrons. The topological polar surface area (TPSA) is 0 Å². The molecule has 1 rings (SSSR count). The van der Waals surface area contributed by atoms with Crippen molar-refractivity contribution in [3.05, 3.63) is 35.6 Å². The Labute approximate surface area is 100 Å². The lowest BCUT2D eigenvalue weighted by molar-refractivity contribution is 0.481. The molecule has 0 aliphatic heterocycles. The third kappa shape index (κ3) is 2.85. The van der Waals surface area contributed by atoms with Crippen LogP contribution in [0.25, 0.3) is 0 Å². The number of halogens is 3. The van der Waals surface area contributed by atoms with Gasteiger partial charge in [-0.1, -0.05) is 25.5 Å². The van der Waals surface area contributed by atoms with Gasteiger partial charge in [-0.3, -0.25) is 0 Å². The van der Waals surface area contributed by atoms with Crippen molar-refractivity contribution in [3.63, 3.8) is 0 Å². The second-order valence-electron chi connectivity index (χ2n) is 3.81. The highest BCUT2D eigenvalue weighted by Crippen LogP contribution is 2.32. The first-order chi connectivity index (χ1) is 7.18. The molecule has 0 heterocycles. The second-order valence-corrected chi connectivity index (χ2v) is 4.34. The quantitative estimate of drug-likeness (QED) is 0.681. The van der Waals surface area contributed by atoms with E-state index in [9.17, 15) is 4.39 Å². The smallest absolute Gasteiger partial charge is 0.123 e. The van der Waals surface area contributed by atoms with Crippen LogP contribution >= 0.6 is 23.2 Å². The molecule has 0 unspecified atom stereocenters. The average molecular weight is 249 g/mol. The summed E-state index contributed by atoms with van der Waals surface area (Å²) in [5.41, 5.74) is 0.606. The van der Waals surface area contributed by atoms with Crippen LogP contribution in [-0.2, 0) is 5.41 Å². The van der Waals surface area contributed by atoms with Crippen LogP contribution in [-0.4, -0.2) is 11.8 Å². The van der Waals surface area contributed by atoms with E-state index in [4.69, 9.17) is 23.2 Å². The van der Waals surface area contributed by atoms with Crippen molar-refractivity contribution in [2.75, 3.05) is 11.8 Å². The summed E-state index contributed by atoms with van der Waals surface area (Å²) in [6.07, 6.45) is 1.86. The van der Waals surface area contributed by atoms with E-state index in [0.29, 0.717) is 11.8 Å². The van der Waals surface area contributed by atoms with Crippen LogP contribution in [0.4, 0.5) is 4.39 Å². The van der Waals surface area contributed by atoms with E-state index in [1.807, 2.05) is 6.07 Å². The van der Waals surface area contributed by atoms with Crippen LogP contribution < -0.4 is 0 Å². The maximum atomic E-state index is 13.1. The fraction of sp³-hybridized carbons (Fsp3) is 0.500. The van der Waals surface area contributed by atoms with Crippen molar-refractivity contribution in [3.8, 4) is 0 Å². The Morgan fingerprint density at radius 3 is 2.40 bits per heavy atom. The van der Waals surface area contributed by atoms with Crippen molar-refractivity contribution in [2.45, 2.75) is 25.2 Å². The van der Waals surface area contributed by atoms with Crippen LogP contribution in [0.3, 0.4) is 0 Å². The van der Waals surface area contributed by atoms with E-state index >= 15 is 0 Å². The summed E-state index contributed by atoms with van der Waals surface area (Å²) in [7, 11) is 0. The third-order valence-electron chi connectivity index (χ3n) is 2.68. The van der Waals surface area contributed by atoms with Crippen molar-refractivity contribution in [1.29, 1.82) is 0 Å². The van der Waals surface area contributed by atoms with E-state index < -0.39 is 0 Å². The minimum atomic E-state index is -0.292. The molecule has 0 aliphatic rings. The van der Waals surface area contributed by atoms with Crippen LogP contribution in [0.15, 0.2) is 24.3 Å². The molecule has 0 amide bonds. The SMILES string of the molecule is CCCC(CCl)(CCl)c1cccc(F)c1. The minimum absolute atomic E-state index is 0.233. The van der Waals surface area contributed by atoms with Gasteiger partial charge in [-0.05, 0) is 24.1 Å². The number of alkyl halides is 2. The molecule has 0 bridgehead atoms. The summed E-state index contributed by atoms with van der Waals surface area (Å²) in [5, 5.41) is 0. The number of hydrogen-bond donors (Lipinski definition) is 0. The van der Waals surface area contributed by atoms with E-state index in [1.165, 1.54) is 12.1 Å². The Morgan fingerprint density at radius 1 is 1.27 bits per heavy atom. The van der Waals surface area contributed by atoms with Gasteiger partial charge in [-0.25, -0.2) is 4.39 Å². The van der Waals surface area contributed by atoms with Gasteiger partial charge in [-0.15, -0.1) is 23.2 Å². The fourth-order valence-electron chi connectivity index (χ4n) is 1.76. The molecule has 84 valence electrons. The first-order valence-electron chi connectivity index (χ1n) is 5.06. The van der Waals surface area contributed by atoms with Gasteiger partial charge in [0, 0.05) is 17.2 Å². The molecule has 0 atom stereocenters. The molecule has 0 aliphatic carbocycles. The Kier molecular flexibility index (Phi) is 4.88. The van der Waals surface area contributed by atoms with E-state index in [1.54, 1.807) is 6.07 Å². The summed E-state index contributed by atoms with van der Waals surface area (Å²) in [5.74, 6) is 0.616. The predicted molar refractivity (Wildman–Crippen MR) is 64.4 cm³/mol. The minimum Gasteiger partial charge on any atom is -0.207 e. The zero-order valence-corrected chi connectivity index (χ0v) is 10.3. The molecule has 0 saturated carbocycles. The molecule has 0 saturated heterocycles. The summed E-state index contributed by atoms with van der Waals surface area (Å²) >= 11 is 12.0. The second kappa shape index (κ2) is 5.72. The van der Waals surface area contributed by atoms with Crippen LogP contribution in [0.1, 0.15) is 25.3 Å². The summed E-state index contributed by atoms with van der Waals surface area (Å²) in [4.78, 5) is 0. The molecule has 15 heavy (non-hydrogen) atoms. The molecular weight excluding hydrogens is 234 g/mol. The highest BCUT2D eigenvalue weighted by molar-refractivity contribution is 6.22. The van der Waals surface area contributed by atoms with E-state index in [-0.39, 0.29) is 11.2 Å². The van der Waals surface area contributed by atoms with Crippen LogP contribution in [0.2, 0.25) is 0 Å². The summed E-state index contributed by atoms with van der Waals surface area (Å²) in [6.45, 7) is 2.08. The Morgan fingerprint density at radius 2 is 1.93 bits per heavy atom. The third-order valence-corrected chi connectivity index (χ3v) is 3.70. The normalized spacial score (nSPS) is 11.7. The Bertz CT molecular complexity index is 308. The molecule has 3 heteroatoms. The van der Waals surface area contributed by atoms with Gasteiger partial charge in [0.05, 0.1) is 0 Å². The molecular formula is C12H15Cl2F. The lowest BCUT2D eigenvalue weighted by atomic mass is 9.80. The predicted octanol–water partition coefficient (Wildman–Crippen LogP) is 4.34. The van der Waals surface area contributed by atoms with Gasteiger partial charge in [0.2, 0.25) is 0 Å². The lowest BCUT2D eigenvalue weighted by Gasteiger charge is -2.29. The first-order valence-corrected chi connectivity index (χ1v) is 6.13. The fourth-order valence-corrected chi connectivity index (χ4v) is 2.63. The average Bonchev–Trinajstić information content (AvgIpc) is 2.26. The van der Waals surface area contributed by atoms with Gasteiger partial charge >= 0.3 is 0 Å². The first kappa shape index (κ1) is 12.8. The molecule has 0 fully saturated rings. The summed E-state index contributed by atoms with van der Waals surface area (Å²) < 4.78 is 13.1. The molecule has 0 spiro atoms. The van der Waals surface area contributed by atoms with Gasteiger partial charge in [-0.2, -0.15) is 0 Å². The number of benzene rings is 1. The lowest BCUT2D eigenvalue weighted by Crippen LogP contribution is -2.30. The van der Waals surface area contributed by atoms with Gasteiger partial charge in [0.25, 0.3) is 0 Å². The number of hydrogen-bond acceptors (Lipinski definition) is 0. The molecule has 0 N–H and O–H groups in total. The zero-order valence-electron chi connectivity index (χ0n) is 8.77. The highest BCUT2D eigenvalue weighted by atomic mass is 35.5. The summed E-state index contributed by atoms with van der Waals surface area (Å²) in [6, 6.07) is 6.56. The highest BCUT2D eigenvalue weighted by Gasteiger charge is 2.29. The van der Waals surface area contributed by atoms with E-state index in [0.717, 1.165) is 18.4 Å². The maximum absolute atomic E-state index is 13.1. The van der Waals surface area contributed by atoms with Gasteiger partial charge in [0.15, 0.2) is 0 Å². The molecule has 0 nitrogen and oxygen atoms in total. The monoisotopic (exact) mass is 248 g/mol. The van der Waals surface area contributed by atoms with Crippen LogP contribution in [0, 0.1) is 5.82 Å². The van der Waals surface area contributed by atoms with Crippen molar-refractivity contribution < 1.29 is 4.39 Å². The van der Waals surface area contributed by atoms with Crippen molar-refractivity contribution in [1.82, 2.24) is 0 Å². The molecule has 1 aromatic carbocycles. The van der Waals surface area contributed by atoms with Gasteiger partial charge in [0.1, 0.15) is 5.82 Å². The van der Waals surface area contributed by atoms with Crippen molar-refractivity contribution in [2.24, 2.45) is 0 Å². The largest absolute Gasteiger partial charge is 0.207 e. The molecule has 0 aromatic heterocycles. The Balaban J connectivity index is 3.07. The maximum Gasteiger partial charge on any atom is 0.123 e. The Hall–Kier alpha value is -0.270. The van der Waals surface area contributed by atoms with Crippen LogP contribution in [0.5, 0.6) is 0 Å². The molecule has 1 aromatic rings. The standard InChI is InChI=1S/C12H15Cl2F/c1-2-6-12(8-13,9-14)10-4-3-5-11(15)7-10/h3-5,7H,2,6,8-9H2,1H3. The van der Waals surface area contributed by atoms with Crippen molar-refractivity contribution >= 4 is 23.2 Å².